The summed E-state index contributed by atoms with van der Waals surface area (Å²) in [5, 5.41) is 0. The van der Waals surface area contributed by atoms with E-state index in [1.54, 1.807) is 0 Å². The van der Waals surface area contributed by atoms with Crippen molar-refractivity contribution >= 4 is 11.8 Å². The molecule has 1 aromatic rings. The molecule has 1 atom stereocenters. The Balaban J connectivity index is 1.34. The molecule has 2 aliphatic heterocycles. The molecule has 1 aromatic carbocycles. The summed E-state index contributed by atoms with van der Waals surface area (Å²) in [6.07, 6.45) is 5.29. The van der Waals surface area contributed by atoms with E-state index >= 15 is 0 Å². The van der Waals surface area contributed by atoms with Gasteiger partial charge in [0.15, 0.2) is 6.61 Å². The number of nitrogens with zero attached hydrogens (tertiary/aromatic N) is 2. The van der Waals surface area contributed by atoms with Crippen molar-refractivity contribution in [3.8, 4) is 5.75 Å². The van der Waals surface area contributed by atoms with E-state index < -0.39 is 0 Å². The summed E-state index contributed by atoms with van der Waals surface area (Å²) in [5.41, 5.74) is 0.769. The highest BCUT2D eigenvalue weighted by Gasteiger charge is 2.49. The summed E-state index contributed by atoms with van der Waals surface area (Å²) in [4.78, 5) is 29.5. The van der Waals surface area contributed by atoms with Crippen LogP contribution in [0.15, 0.2) is 24.3 Å². The Morgan fingerprint density at radius 3 is 2.88 bits per heavy atom. The first-order valence-corrected chi connectivity index (χ1v) is 9.82. The number of benzene rings is 1. The second kappa shape index (κ2) is 6.93. The summed E-state index contributed by atoms with van der Waals surface area (Å²) < 4.78 is 5.66. The lowest BCUT2D eigenvalue weighted by Crippen LogP contribution is -2.51. The van der Waals surface area contributed by atoms with E-state index in [0.29, 0.717) is 13.1 Å². The van der Waals surface area contributed by atoms with Gasteiger partial charge in [-0.05, 0) is 62.6 Å². The van der Waals surface area contributed by atoms with Crippen molar-refractivity contribution in [2.24, 2.45) is 11.3 Å². The van der Waals surface area contributed by atoms with Gasteiger partial charge in [-0.15, -0.1) is 0 Å². The fraction of sp³-hybridized carbons (Fsp3) is 0.619. The smallest absolute Gasteiger partial charge is 0.260 e. The van der Waals surface area contributed by atoms with Gasteiger partial charge >= 0.3 is 0 Å². The van der Waals surface area contributed by atoms with Gasteiger partial charge in [-0.1, -0.05) is 12.1 Å². The highest BCUT2D eigenvalue weighted by atomic mass is 16.5. The third-order valence-corrected chi connectivity index (χ3v) is 6.06. The third-order valence-electron chi connectivity index (χ3n) is 6.06. The van der Waals surface area contributed by atoms with Crippen molar-refractivity contribution in [3.05, 3.63) is 29.8 Å². The Morgan fingerprint density at radius 1 is 1.27 bits per heavy atom. The van der Waals surface area contributed by atoms with Crippen LogP contribution in [0, 0.1) is 18.3 Å². The van der Waals surface area contributed by atoms with Crippen LogP contribution in [0.25, 0.3) is 0 Å². The Hall–Kier alpha value is -2.04. The number of carbonyl (C=O) groups excluding carboxylic acids is 2. The number of amides is 2. The van der Waals surface area contributed by atoms with Crippen molar-refractivity contribution in [3.63, 3.8) is 0 Å². The SMILES string of the molecule is Cc1cccc(OCC(=O)N2CCC3(CCCN(CC4CC4)C3=O)C2)c1. The molecule has 4 rings (SSSR count). The molecule has 0 aromatic heterocycles. The lowest BCUT2D eigenvalue weighted by molar-refractivity contribution is -0.146. The summed E-state index contributed by atoms with van der Waals surface area (Å²) in [6.45, 7) is 5.08. The van der Waals surface area contributed by atoms with Crippen LogP contribution in [0.3, 0.4) is 0 Å². The van der Waals surface area contributed by atoms with E-state index in [1.807, 2.05) is 36.1 Å². The molecule has 1 saturated carbocycles. The fourth-order valence-corrected chi connectivity index (χ4v) is 4.34. The van der Waals surface area contributed by atoms with Gasteiger partial charge in [0.1, 0.15) is 5.75 Å². The van der Waals surface area contributed by atoms with E-state index in [2.05, 4.69) is 4.90 Å². The van der Waals surface area contributed by atoms with Crippen LogP contribution in [0.5, 0.6) is 5.75 Å². The first kappa shape index (κ1) is 17.4. The Morgan fingerprint density at radius 2 is 2.12 bits per heavy atom. The van der Waals surface area contributed by atoms with Gasteiger partial charge in [0.2, 0.25) is 5.91 Å². The molecule has 1 aliphatic carbocycles. The Labute approximate surface area is 155 Å². The molecule has 0 N–H and O–H groups in total. The molecule has 3 fully saturated rings. The number of rotatable bonds is 5. The average Bonchev–Trinajstić information content (AvgIpc) is 3.35. The number of piperidine rings is 1. The largest absolute Gasteiger partial charge is 0.484 e. The minimum absolute atomic E-state index is 0.0181. The van der Waals surface area contributed by atoms with Crippen molar-refractivity contribution < 1.29 is 14.3 Å². The minimum atomic E-state index is -0.341. The van der Waals surface area contributed by atoms with Crippen molar-refractivity contribution in [2.75, 3.05) is 32.8 Å². The summed E-state index contributed by atoms with van der Waals surface area (Å²) in [5.74, 6) is 1.70. The summed E-state index contributed by atoms with van der Waals surface area (Å²) in [7, 11) is 0. The number of ether oxygens (including phenoxy) is 1. The number of likely N-dealkylation sites (tertiary alicyclic amines) is 2. The molecular weight excluding hydrogens is 328 g/mol. The van der Waals surface area contributed by atoms with Crippen molar-refractivity contribution in [1.29, 1.82) is 0 Å². The molecule has 2 saturated heterocycles. The van der Waals surface area contributed by atoms with Crippen LogP contribution in [0.2, 0.25) is 0 Å². The molecule has 5 nitrogen and oxygen atoms in total. The highest BCUT2D eigenvalue weighted by Crippen LogP contribution is 2.41. The molecule has 3 aliphatic rings. The lowest BCUT2D eigenvalue weighted by Gasteiger charge is -2.39. The van der Waals surface area contributed by atoms with Crippen LogP contribution in [-0.2, 0) is 9.59 Å². The van der Waals surface area contributed by atoms with E-state index in [1.165, 1.54) is 12.8 Å². The molecule has 26 heavy (non-hydrogen) atoms. The third kappa shape index (κ3) is 3.57. The maximum atomic E-state index is 13.1. The van der Waals surface area contributed by atoms with Gasteiger partial charge < -0.3 is 14.5 Å². The molecule has 0 bridgehead atoms. The fourth-order valence-electron chi connectivity index (χ4n) is 4.34. The van der Waals surface area contributed by atoms with Crippen LogP contribution in [0.1, 0.15) is 37.7 Å². The lowest BCUT2D eigenvalue weighted by atomic mass is 9.78. The standard InChI is InChI=1S/C21H28N2O3/c1-16-4-2-5-18(12-16)26-14-19(24)23-11-9-21(15-23)8-3-10-22(20(21)25)13-17-6-7-17/h2,4-5,12,17H,3,6-11,13-15H2,1H3. The highest BCUT2D eigenvalue weighted by molar-refractivity contribution is 5.86. The molecule has 2 heterocycles. The number of hydrogen-bond acceptors (Lipinski definition) is 3. The molecule has 2 amide bonds. The molecule has 1 spiro atoms. The minimum Gasteiger partial charge on any atom is -0.484 e. The zero-order valence-corrected chi connectivity index (χ0v) is 15.6. The second-order valence-electron chi connectivity index (χ2n) is 8.25. The van der Waals surface area contributed by atoms with Gasteiger partial charge in [-0.3, -0.25) is 9.59 Å². The van der Waals surface area contributed by atoms with Crippen molar-refractivity contribution in [1.82, 2.24) is 9.80 Å². The van der Waals surface area contributed by atoms with Crippen molar-refractivity contribution in [2.45, 2.75) is 39.0 Å². The zero-order valence-electron chi connectivity index (χ0n) is 15.6. The van der Waals surface area contributed by atoms with E-state index in [4.69, 9.17) is 4.74 Å². The van der Waals surface area contributed by atoms with Gasteiger partial charge in [-0.2, -0.15) is 0 Å². The van der Waals surface area contributed by atoms with Gasteiger partial charge in [0, 0.05) is 26.2 Å². The molecular formula is C21H28N2O3. The number of hydrogen-bond donors (Lipinski definition) is 0. The average molecular weight is 356 g/mol. The number of aryl methyl sites for hydroxylation is 1. The first-order chi connectivity index (χ1) is 12.6. The summed E-state index contributed by atoms with van der Waals surface area (Å²) >= 11 is 0. The maximum absolute atomic E-state index is 13.1. The monoisotopic (exact) mass is 356 g/mol. The van der Waals surface area contributed by atoms with Crippen LogP contribution < -0.4 is 4.74 Å². The predicted octanol–water partition coefficient (Wildman–Crippen LogP) is 2.62. The topological polar surface area (TPSA) is 49.9 Å². The van der Waals surface area contributed by atoms with Crippen LogP contribution in [0.4, 0.5) is 0 Å². The van der Waals surface area contributed by atoms with Gasteiger partial charge in [0.25, 0.3) is 5.91 Å². The molecule has 0 radical (unpaired) electrons. The maximum Gasteiger partial charge on any atom is 0.260 e. The van der Waals surface area contributed by atoms with Gasteiger partial charge in [-0.25, -0.2) is 0 Å². The van der Waals surface area contributed by atoms with E-state index in [-0.39, 0.29) is 23.8 Å². The van der Waals surface area contributed by atoms with Gasteiger partial charge in [0.05, 0.1) is 5.41 Å². The van der Waals surface area contributed by atoms with Crippen LogP contribution >= 0.6 is 0 Å². The molecule has 5 heteroatoms. The van der Waals surface area contributed by atoms with E-state index in [0.717, 1.165) is 49.6 Å². The first-order valence-electron chi connectivity index (χ1n) is 9.82. The Kier molecular flexibility index (Phi) is 4.63. The summed E-state index contributed by atoms with van der Waals surface area (Å²) in [6, 6.07) is 7.72. The predicted molar refractivity (Wildman–Crippen MR) is 98.8 cm³/mol. The zero-order chi connectivity index (χ0) is 18.1. The quantitative estimate of drug-likeness (QED) is 0.815. The van der Waals surface area contributed by atoms with Crippen LogP contribution in [-0.4, -0.2) is 54.4 Å². The number of carbonyl (C=O) groups is 2. The molecule has 140 valence electrons. The Bertz CT molecular complexity index is 700. The molecule has 1 unspecified atom stereocenters. The van der Waals surface area contributed by atoms with E-state index in [9.17, 15) is 9.59 Å². The normalized spacial score (nSPS) is 25.8. The second-order valence-corrected chi connectivity index (χ2v) is 8.25.